The number of amides is 1. The van der Waals surface area contributed by atoms with Gasteiger partial charge >= 0.3 is 12.1 Å². The summed E-state index contributed by atoms with van der Waals surface area (Å²) >= 11 is 12.3. The van der Waals surface area contributed by atoms with Crippen LogP contribution < -0.4 is 0 Å². The second kappa shape index (κ2) is 10.6. The quantitative estimate of drug-likeness (QED) is 0.373. The molecule has 2 bridgehead atoms. The number of alkyl halides is 3. The first-order valence-corrected chi connectivity index (χ1v) is 14.1. The van der Waals surface area contributed by atoms with Gasteiger partial charge < -0.3 is 10.0 Å². The van der Waals surface area contributed by atoms with Gasteiger partial charge in [0.05, 0.1) is 45.4 Å². The van der Waals surface area contributed by atoms with E-state index >= 15 is 0 Å². The predicted octanol–water partition coefficient (Wildman–Crippen LogP) is 6.32. The van der Waals surface area contributed by atoms with E-state index in [4.69, 9.17) is 23.2 Å². The first-order chi connectivity index (χ1) is 18.8. The summed E-state index contributed by atoms with van der Waals surface area (Å²) in [5.41, 5.74) is -2.85. The highest BCUT2D eigenvalue weighted by Crippen LogP contribution is 2.48. The minimum Gasteiger partial charge on any atom is -0.481 e. The van der Waals surface area contributed by atoms with Crippen LogP contribution in [0.5, 0.6) is 0 Å². The SMILES string of the molecule is C[C@]1(C(=O)O)CC[C@H](n2ncc(C(=O)N(CC(=O)c3c(Cl)cncc3Cl)[C@@H]3C[C@H]4CC[C@H]3C4)c2C(F)(F)F)CC1. The molecule has 3 fully saturated rings. The van der Waals surface area contributed by atoms with Crippen LogP contribution in [-0.2, 0) is 11.0 Å². The number of aliphatic carboxylic acids is 1. The molecule has 0 radical (unpaired) electrons. The van der Waals surface area contributed by atoms with Crippen LogP contribution in [0, 0.1) is 17.3 Å². The molecule has 3 atom stereocenters. The average Bonchev–Trinajstić information content (AvgIpc) is 3.63. The number of carbonyl (C=O) groups excluding carboxylic acids is 2. The predicted molar refractivity (Wildman–Crippen MR) is 139 cm³/mol. The van der Waals surface area contributed by atoms with Crippen molar-refractivity contribution in [3.8, 4) is 0 Å². The molecule has 5 rings (SSSR count). The lowest BCUT2D eigenvalue weighted by molar-refractivity contribution is -0.152. The van der Waals surface area contributed by atoms with Crippen molar-refractivity contribution in [1.29, 1.82) is 0 Å². The third-order valence-corrected chi connectivity index (χ3v) is 9.60. The number of hydrogen-bond acceptors (Lipinski definition) is 5. The van der Waals surface area contributed by atoms with Crippen molar-refractivity contribution in [3.63, 3.8) is 0 Å². The van der Waals surface area contributed by atoms with Crippen LogP contribution >= 0.6 is 23.2 Å². The maximum Gasteiger partial charge on any atom is 0.433 e. The van der Waals surface area contributed by atoms with Gasteiger partial charge in [0.2, 0.25) is 0 Å². The number of rotatable bonds is 7. The molecule has 0 spiro atoms. The summed E-state index contributed by atoms with van der Waals surface area (Å²) in [5.74, 6) is -2.06. The van der Waals surface area contributed by atoms with E-state index < -0.39 is 59.1 Å². The van der Waals surface area contributed by atoms with Crippen molar-refractivity contribution < 1.29 is 32.7 Å². The molecule has 3 aliphatic rings. The van der Waals surface area contributed by atoms with Gasteiger partial charge in [-0.15, -0.1) is 0 Å². The zero-order valence-corrected chi connectivity index (χ0v) is 23.3. The van der Waals surface area contributed by atoms with Crippen molar-refractivity contribution in [2.75, 3.05) is 6.54 Å². The number of carbonyl (C=O) groups is 3. The summed E-state index contributed by atoms with van der Waals surface area (Å²) in [6, 6.07) is -1.11. The Balaban J connectivity index is 1.49. The van der Waals surface area contributed by atoms with Gasteiger partial charge in [-0.1, -0.05) is 29.6 Å². The lowest BCUT2D eigenvalue weighted by atomic mass is 9.74. The number of carboxylic acid groups (broad SMARTS) is 1. The summed E-state index contributed by atoms with van der Waals surface area (Å²) in [6.07, 6.45) is 2.52. The maximum absolute atomic E-state index is 14.5. The number of pyridine rings is 1. The van der Waals surface area contributed by atoms with Gasteiger partial charge in [0, 0.05) is 18.4 Å². The minimum atomic E-state index is -4.91. The molecule has 2 aromatic heterocycles. The Morgan fingerprint density at radius 3 is 2.25 bits per heavy atom. The molecular formula is C27H29Cl2F3N4O4. The maximum atomic E-state index is 14.5. The number of nitrogens with zero attached hydrogens (tertiary/aromatic N) is 4. The molecule has 8 nitrogen and oxygen atoms in total. The summed E-state index contributed by atoms with van der Waals surface area (Å²) in [7, 11) is 0. The summed E-state index contributed by atoms with van der Waals surface area (Å²) in [5, 5.41) is 13.5. The molecule has 0 aliphatic heterocycles. The fraction of sp³-hybridized carbons (Fsp3) is 0.593. The Hall–Kier alpha value is -2.66. The van der Waals surface area contributed by atoms with E-state index in [1.165, 1.54) is 17.3 Å². The smallest absolute Gasteiger partial charge is 0.433 e. The second-order valence-electron chi connectivity index (χ2n) is 11.5. The molecule has 3 aliphatic carbocycles. The van der Waals surface area contributed by atoms with Gasteiger partial charge in [-0.25, -0.2) is 0 Å². The molecule has 40 heavy (non-hydrogen) atoms. The number of hydrogen-bond donors (Lipinski definition) is 1. The zero-order valence-electron chi connectivity index (χ0n) is 21.8. The second-order valence-corrected chi connectivity index (χ2v) is 12.3. The largest absolute Gasteiger partial charge is 0.481 e. The highest BCUT2D eigenvalue weighted by atomic mass is 35.5. The number of carboxylic acids is 1. The number of Topliss-reactive ketones (excluding diaryl/α,β-unsaturated/α-hetero) is 1. The number of aromatic nitrogens is 3. The van der Waals surface area contributed by atoms with Gasteiger partial charge in [0.25, 0.3) is 5.91 Å². The molecule has 2 aromatic rings. The van der Waals surface area contributed by atoms with E-state index in [1.807, 2.05) is 0 Å². The monoisotopic (exact) mass is 600 g/mol. The van der Waals surface area contributed by atoms with Crippen molar-refractivity contribution in [3.05, 3.63) is 45.5 Å². The first kappa shape index (κ1) is 28.9. The molecule has 2 heterocycles. The molecule has 216 valence electrons. The number of fused-ring (bicyclic) bond motifs is 2. The van der Waals surface area contributed by atoms with E-state index in [-0.39, 0.29) is 47.2 Å². The van der Waals surface area contributed by atoms with Crippen LogP contribution in [0.4, 0.5) is 13.2 Å². The molecule has 13 heteroatoms. The van der Waals surface area contributed by atoms with Crippen molar-refractivity contribution in [2.24, 2.45) is 17.3 Å². The first-order valence-electron chi connectivity index (χ1n) is 13.3. The average molecular weight is 601 g/mol. The van der Waals surface area contributed by atoms with Gasteiger partial charge in [-0.05, 0) is 63.7 Å². The van der Waals surface area contributed by atoms with E-state index in [9.17, 15) is 32.7 Å². The molecule has 3 saturated carbocycles. The fourth-order valence-corrected chi connectivity index (χ4v) is 7.35. The van der Waals surface area contributed by atoms with Gasteiger partial charge in [0.1, 0.15) is 0 Å². The third-order valence-electron chi connectivity index (χ3n) is 9.02. The lowest BCUT2D eigenvalue weighted by Gasteiger charge is -2.35. The van der Waals surface area contributed by atoms with Gasteiger partial charge in [-0.3, -0.25) is 24.0 Å². The van der Waals surface area contributed by atoms with Crippen LogP contribution in [0.15, 0.2) is 18.6 Å². The third kappa shape index (κ3) is 5.22. The molecular weight excluding hydrogens is 572 g/mol. The van der Waals surface area contributed by atoms with Crippen molar-refractivity contribution >= 4 is 40.9 Å². The molecule has 1 N–H and O–H groups in total. The van der Waals surface area contributed by atoms with Crippen molar-refractivity contribution in [1.82, 2.24) is 19.7 Å². The summed E-state index contributed by atoms with van der Waals surface area (Å²) < 4.78 is 44.4. The summed E-state index contributed by atoms with van der Waals surface area (Å²) in [4.78, 5) is 44.0. The fourth-order valence-electron chi connectivity index (χ4n) is 6.78. The number of ketones is 1. The van der Waals surface area contributed by atoms with Gasteiger partial charge in [-0.2, -0.15) is 18.3 Å². The highest BCUT2D eigenvalue weighted by Gasteiger charge is 2.48. The summed E-state index contributed by atoms with van der Waals surface area (Å²) in [6.45, 7) is 1.10. The van der Waals surface area contributed by atoms with Crippen LogP contribution in [-0.4, -0.2) is 55.0 Å². The Labute approximate surface area is 238 Å². The minimum absolute atomic E-state index is 0.00713. The standard InChI is InChI=1S/C27H29Cl2F3N4O4/c1-26(25(39)40)6-4-16(5-7-26)36-23(27(30,31)32)17(10-34-36)24(38)35(20-9-14-2-3-15(20)8-14)13-21(37)22-18(28)11-33-12-19(22)29/h10-12,14-16,20H,2-9,13H2,1H3,(H,39,40)/t14-,15-,16-,20+,26-/m0/s1. The lowest BCUT2D eigenvalue weighted by Crippen LogP contribution is -2.46. The van der Waals surface area contributed by atoms with E-state index in [2.05, 4.69) is 10.1 Å². The molecule has 0 unspecified atom stereocenters. The Kier molecular flexibility index (Phi) is 7.67. The van der Waals surface area contributed by atoms with Gasteiger partial charge in [0.15, 0.2) is 11.5 Å². The molecule has 0 aromatic carbocycles. The number of halogens is 5. The van der Waals surface area contributed by atoms with Crippen LogP contribution in [0.3, 0.4) is 0 Å². The Morgan fingerprint density at radius 2 is 1.73 bits per heavy atom. The topological polar surface area (TPSA) is 105 Å². The zero-order chi connectivity index (χ0) is 29.0. The highest BCUT2D eigenvalue weighted by molar-refractivity contribution is 6.39. The molecule has 1 amide bonds. The van der Waals surface area contributed by atoms with Crippen LogP contribution in [0.1, 0.15) is 90.7 Å². The normalized spacial score (nSPS) is 28.1. The van der Waals surface area contributed by atoms with E-state index in [1.54, 1.807) is 6.92 Å². The molecule has 0 saturated heterocycles. The van der Waals surface area contributed by atoms with E-state index in [0.717, 1.165) is 30.1 Å². The Bertz CT molecular complexity index is 1320. The van der Waals surface area contributed by atoms with Crippen molar-refractivity contribution in [2.45, 2.75) is 76.6 Å². The van der Waals surface area contributed by atoms with Crippen LogP contribution in [0.25, 0.3) is 0 Å². The van der Waals surface area contributed by atoms with E-state index in [0.29, 0.717) is 12.3 Å². The Morgan fingerprint density at radius 1 is 1.07 bits per heavy atom. The van der Waals surface area contributed by atoms with Crippen LogP contribution in [0.2, 0.25) is 10.0 Å².